The van der Waals surface area contributed by atoms with Gasteiger partial charge < -0.3 is 5.32 Å². The molecule has 144 valence electrons. The molecule has 0 unspecified atom stereocenters. The number of aromatic nitrogens is 2. The minimum absolute atomic E-state index is 0.0960. The number of carbonyl (C=O) groups is 1. The van der Waals surface area contributed by atoms with E-state index in [2.05, 4.69) is 10.4 Å². The summed E-state index contributed by atoms with van der Waals surface area (Å²) in [5.74, 6) is -0.694. The first-order chi connectivity index (χ1) is 13.2. The van der Waals surface area contributed by atoms with Crippen molar-refractivity contribution in [3.8, 4) is 5.69 Å². The van der Waals surface area contributed by atoms with Gasteiger partial charge in [0.15, 0.2) is 0 Å². The molecule has 1 heterocycles. The molecular weight excluding hydrogens is 377 g/mol. The molecule has 0 radical (unpaired) electrons. The molecule has 0 saturated carbocycles. The third-order valence-electron chi connectivity index (χ3n) is 3.99. The molecule has 0 aliphatic rings. The number of amides is 1. The van der Waals surface area contributed by atoms with Crippen molar-refractivity contribution in [3.63, 3.8) is 0 Å². The van der Waals surface area contributed by atoms with Crippen LogP contribution in [0.1, 0.15) is 21.5 Å². The van der Waals surface area contributed by atoms with E-state index < -0.39 is 22.6 Å². The molecule has 28 heavy (non-hydrogen) atoms. The van der Waals surface area contributed by atoms with Crippen LogP contribution in [0.15, 0.2) is 54.9 Å². The molecule has 0 bridgehead atoms. The Labute approximate surface area is 156 Å². The smallest absolute Gasteiger partial charge is 0.320 e. The summed E-state index contributed by atoms with van der Waals surface area (Å²) in [5, 5.41) is 17.2. The number of rotatable bonds is 4. The van der Waals surface area contributed by atoms with Gasteiger partial charge in [0.2, 0.25) is 0 Å². The second-order valence-corrected chi connectivity index (χ2v) is 5.89. The molecule has 0 aliphatic heterocycles. The van der Waals surface area contributed by atoms with Crippen LogP contribution in [-0.2, 0) is 6.18 Å². The van der Waals surface area contributed by atoms with Crippen molar-refractivity contribution in [2.75, 3.05) is 5.32 Å². The number of hydrogen-bond donors (Lipinski definition) is 1. The number of anilines is 1. The first-order valence-corrected chi connectivity index (χ1v) is 7.94. The van der Waals surface area contributed by atoms with Crippen LogP contribution in [0, 0.1) is 17.0 Å². The number of hydrogen-bond acceptors (Lipinski definition) is 4. The molecule has 2 aromatic carbocycles. The third-order valence-corrected chi connectivity index (χ3v) is 3.99. The van der Waals surface area contributed by atoms with Gasteiger partial charge in [0.1, 0.15) is 0 Å². The SMILES string of the molecule is Cc1cc([N+](=O)[O-])ccc1C(=O)Nc1cc(C(F)(F)F)ccc1-n1cccn1. The molecule has 3 aromatic rings. The predicted molar refractivity (Wildman–Crippen MR) is 94.4 cm³/mol. The van der Waals surface area contributed by atoms with Crippen LogP contribution in [0.3, 0.4) is 0 Å². The van der Waals surface area contributed by atoms with Crippen molar-refractivity contribution in [2.24, 2.45) is 0 Å². The monoisotopic (exact) mass is 390 g/mol. The Morgan fingerprint density at radius 2 is 1.96 bits per heavy atom. The summed E-state index contributed by atoms with van der Waals surface area (Å²) in [4.78, 5) is 22.8. The molecule has 0 fully saturated rings. The van der Waals surface area contributed by atoms with Crippen LogP contribution in [0.2, 0.25) is 0 Å². The highest BCUT2D eigenvalue weighted by Gasteiger charge is 2.31. The zero-order valence-electron chi connectivity index (χ0n) is 14.4. The summed E-state index contributed by atoms with van der Waals surface area (Å²) >= 11 is 0. The molecule has 0 aliphatic carbocycles. The summed E-state index contributed by atoms with van der Waals surface area (Å²) in [6, 6.07) is 8.12. The minimum atomic E-state index is -4.59. The third kappa shape index (κ3) is 3.85. The van der Waals surface area contributed by atoms with Crippen molar-refractivity contribution in [1.29, 1.82) is 0 Å². The molecule has 1 amide bonds. The van der Waals surface area contributed by atoms with Gasteiger partial charge in [0.05, 0.1) is 21.9 Å². The number of nitrogens with one attached hydrogen (secondary N) is 1. The molecule has 0 saturated heterocycles. The molecule has 7 nitrogen and oxygen atoms in total. The van der Waals surface area contributed by atoms with Crippen molar-refractivity contribution in [2.45, 2.75) is 13.1 Å². The van der Waals surface area contributed by atoms with Crippen molar-refractivity contribution in [1.82, 2.24) is 9.78 Å². The summed E-state index contributed by atoms with van der Waals surface area (Å²) < 4.78 is 40.6. The van der Waals surface area contributed by atoms with E-state index in [-0.39, 0.29) is 22.6 Å². The first kappa shape index (κ1) is 19.1. The largest absolute Gasteiger partial charge is 0.416 e. The summed E-state index contributed by atoms with van der Waals surface area (Å²) in [6.45, 7) is 1.50. The molecule has 0 atom stereocenters. The van der Waals surface area contributed by atoms with E-state index in [4.69, 9.17) is 0 Å². The lowest BCUT2D eigenvalue weighted by molar-refractivity contribution is -0.384. The van der Waals surface area contributed by atoms with Gasteiger partial charge in [-0.3, -0.25) is 14.9 Å². The van der Waals surface area contributed by atoms with Gasteiger partial charge in [-0.2, -0.15) is 18.3 Å². The summed E-state index contributed by atoms with van der Waals surface area (Å²) in [6.07, 6.45) is -1.62. The van der Waals surface area contributed by atoms with Crippen molar-refractivity contribution in [3.05, 3.63) is 81.7 Å². The van der Waals surface area contributed by atoms with Gasteiger partial charge >= 0.3 is 6.18 Å². The number of non-ortho nitro benzene ring substituents is 1. The second-order valence-electron chi connectivity index (χ2n) is 5.89. The molecule has 3 rings (SSSR count). The Kier molecular flexibility index (Phi) is 4.87. The van der Waals surface area contributed by atoms with E-state index in [0.29, 0.717) is 5.56 Å². The quantitative estimate of drug-likeness (QED) is 0.529. The van der Waals surface area contributed by atoms with Crippen LogP contribution in [-0.4, -0.2) is 20.6 Å². The Balaban J connectivity index is 2.00. The number of aryl methyl sites for hydroxylation is 1. The van der Waals surface area contributed by atoms with Gasteiger partial charge in [0.25, 0.3) is 11.6 Å². The maximum atomic E-state index is 13.1. The fourth-order valence-corrected chi connectivity index (χ4v) is 2.63. The number of carbonyl (C=O) groups excluding carboxylic acids is 1. The van der Waals surface area contributed by atoms with Crippen LogP contribution in [0.4, 0.5) is 24.5 Å². The highest BCUT2D eigenvalue weighted by molar-refractivity contribution is 6.06. The van der Waals surface area contributed by atoms with Crippen LogP contribution in [0.25, 0.3) is 5.69 Å². The summed E-state index contributed by atoms with van der Waals surface area (Å²) in [7, 11) is 0. The van der Waals surface area contributed by atoms with E-state index in [0.717, 1.165) is 18.2 Å². The predicted octanol–water partition coefficient (Wildman–Crippen LogP) is 4.36. The van der Waals surface area contributed by atoms with E-state index in [1.807, 2.05) is 0 Å². The zero-order chi connectivity index (χ0) is 20.5. The average Bonchev–Trinajstić information content (AvgIpc) is 3.15. The maximum Gasteiger partial charge on any atom is 0.416 e. The summed E-state index contributed by atoms with van der Waals surface area (Å²) in [5.41, 5.74) is -0.551. The number of halogens is 3. The topological polar surface area (TPSA) is 90.1 Å². The zero-order valence-corrected chi connectivity index (χ0v) is 14.4. The number of nitro benzene ring substituents is 1. The standard InChI is InChI=1S/C18H13F3N4O3/c1-11-9-13(25(27)28)4-5-14(11)17(26)23-15-10-12(18(19,20)21)3-6-16(15)24-8-2-7-22-24/h2-10H,1H3,(H,23,26). The maximum absolute atomic E-state index is 13.1. The van der Waals surface area contributed by atoms with Crippen molar-refractivity contribution >= 4 is 17.3 Å². The molecule has 1 N–H and O–H groups in total. The minimum Gasteiger partial charge on any atom is -0.320 e. The fraction of sp³-hybridized carbons (Fsp3) is 0.111. The van der Waals surface area contributed by atoms with Crippen LogP contribution < -0.4 is 5.32 Å². The van der Waals surface area contributed by atoms with E-state index in [9.17, 15) is 28.1 Å². The number of alkyl halides is 3. The Morgan fingerprint density at radius 1 is 1.21 bits per heavy atom. The lowest BCUT2D eigenvalue weighted by Crippen LogP contribution is -2.16. The van der Waals surface area contributed by atoms with Gasteiger partial charge in [-0.05, 0) is 42.8 Å². The Hall–Kier alpha value is -3.69. The first-order valence-electron chi connectivity index (χ1n) is 7.94. The second kappa shape index (κ2) is 7.14. The normalized spacial score (nSPS) is 11.3. The number of nitrogens with zero attached hydrogens (tertiary/aromatic N) is 3. The van der Waals surface area contributed by atoms with E-state index in [1.54, 1.807) is 6.07 Å². The number of nitro groups is 1. The lowest BCUT2D eigenvalue weighted by atomic mass is 10.1. The average molecular weight is 390 g/mol. The van der Waals surface area contributed by atoms with Gasteiger partial charge in [-0.1, -0.05) is 0 Å². The molecule has 10 heteroatoms. The lowest BCUT2D eigenvalue weighted by Gasteiger charge is -2.15. The molecular formula is C18H13F3N4O3. The van der Waals surface area contributed by atoms with Crippen LogP contribution in [0.5, 0.6) is 0 Å². The Bertz CT molecular complexity index is 1050. The fourth-order valence-electron chi connectivity index (χ4n) is 2.63. The van der Waals surface area contributed by atoms with Gasteiger partial charge in [-0.25, -0.2) is 4.68 Å². The van der Waals surface area contributed by atoms with E-state index >= 15 is 0 Å². The van der Waals surface area contributed by atoms with Gasteiger partial charge in [-0.15, -0.1) is 0 Å². The highest BCUT2D eigenvalue weighted by atomic mass is 19.4. The van der Waals surface area contributed by atoms with Crippen LogP contribution >= 0.6 is 0 Å². The highest BCUT2D eigenvalue weighted by Crippen LogP contribution is 2.33. The molecule has 0 spiro atoms. The van der Waals surface area contributed by atoms with E-state index in [1.165, 1.54) is 42.2 Å². The Morgan fingerprint density at radius 3 is 2.54 bits per heavy atom. The molecule has 1 aromatic heterocycles. The van der Waals surface area contributed by atoms with Gasteiger partial charge in [0, 0.05) is 30.1 Å². The number of benzene rings is 2. The van der Waals surface area contributed by atoms with Crippen molar-refractivity contribution < 1.29 is 22.9 Å².